The Morgan fingerprint density at radius 2 is 1.86 bits per heavy atom. The van der Waals surface area contributed by atoms with Gasteiger partial charge in [0.15, 0.2) is 0 Å². The third-order valence-corrected chi connectivity index (χ3v) is 3.29. The van der Waals surface area contributed by atoms with Crippen LogP contribution in [-0.4, -0.2) is 16.1 Å². The molecule has 2 N–H and O–H groups in total. The van der Waals surface area contributed by atoms with Crippen LogP contribution in [0.4, 0.5) is 5.69 Å². The molecule has 0 radical (unpaired) electrons. The van der Waals surface area contributed by atoms with Crippen LogP contribution in [0.3, 0.4) is 0 Å². The molecule has 0 aliphatic heterocycles. The Morgan fingerprint density at radius 1 is 1.05 bits per heavy atom. The van der Waals surface area contributed by atoms with Gasteiger partial charge in [-0.15, -0.1) is 0 Å². The number of carboxylic acid groups (broad SMARTS) is 1. The first-order valence-electron chi connectivity index (χ1n) is 6.63. The number of nitrogens with zero attached hydrogens (tertiary/aromatic N) is 1. The van der Waals surface area contributed by atoms with E-state index < -0.39 is 5.97 Å². The molecular weight excluding hydrogens is 264 g/mol. The summed E-state index contributed by atoms with van der Waals surface area (Å²) in [6.07, 6.45) is 1.37. The van der Waals surface area contributed by atoms with E-state index in [1.807, 2.05) is 18.2 Å². The standard InChI is InChI=1S/C17H14N2O2/c20-17(21)14-6-8-16(18-10-14)11-19-15-7-5-12-3-1-2-4-13(12)9-15/h1-10,19H,11H2,(H,20,21). The smallest absolute Gasteiger partial charge is 0.337 e. The highest BCUT2D eigenvalue weighted by molar-refractivity contribution is 5.87. The molecule has 3 rings (SSSR count). The Kier molecular flexibility index (Phi) is 3.51. The number of pyridine rings is 1. The molecule has 1 aromatic heterocycles. The average molecular weight is 278 g/mol. The van der Waals surface area contributed by atoms with E-state index >= 15 is 0 Å². The van der Waals surface area contributed by atoms with Crippen molar-refractivity contribution < 1.29 is 9.90 Å². The molecule has 0 saturated carbocycles. The van der Waals surface area contributed by atoms with Gasteiger partial charge in [0.05, 0.1) is 17.8 Å². The third kappa shape index (κ3) is 3.00. The van der Waals surface area contributed by atoms with E-state index in [0.29, 0.717) is 6.54 Å². The summed E-state index contributed by atoms with van der Waals surface area (Å²) < 4.78 is 0. The third-order valence-electron chi connectivity index (χ3n) is 3.29. The fourth-order valence-corrected chi connectivity index (χ4v) is 2.15. The van der Waals surface area contributed by atoms with Crippen molar-refractivity contribution in [3.05, 3.63) is 72.1 Å². The minimum atomic E-state index is -0.962. The lowest BCUT2D eigenvalue weighted by molar-refractivity contribution is 0.0696. The van der Waals surface area contributed by atoms with Crippen molar-refractivity contribution in [2.45, 2.75) is 6.54 Å². The predicted molar refractivity (Wildman–Crippen MR) is 82.5 cm³/mol. The van der Waals surface area contributed by atoms with Gasteiger partial charge in [0.1, 0.15) is 0 Å². The fourth-order valence-electron chi connectivity index (χ4n) is 2.15. The molecule has 104 valence electrons. The molecule has 0 atom stereocenters. The minimum absolute atomic E-state index is 0.199. The second-order valence-electron chi connectivity index (χ2n) is 4.76. The monoisotopic (exact) mass is 278 g/mol. The van der Waals surface area contributed by atoms with Crippen LogP contribution in [0.1, 0.15) is 16.1 Å². The van der Waals surface area contributed by atoms with E-state index in [4.69, 9.17) is 5.11 Å². The Balaban J connectivity index is 1.72. The Bertz CT molecular complexity index is 782. The first kappa shape index (κ1) is 13.1. The van der Waals surface area contributed by atoms with Gasteiger partial charge in [0.2, 0.25) is 0 Å². The maximum Gasteiger partial charge on any atom is 0.337 e. The average Bonchev–Trinajstić information content (AvgIpc) is 2.53. The van der Waals surface area contributed by atoms with E-state index in [0.717, 1.165) is 11.4 Å². The zero-order chi connectivity index (χ0) is 14.7. The summed E-state index contributed by atoms with van der Waals surface area (Å²) in [5.74, 6) is -0.962. The van der Waals surface area contributed by atoms with Crippen molar-refractivity contribution in [1.29, 1.82) is 0 Å². The zero-order valence-electron chi connectivity index (χ0n) is 11.3. The lowest BCUT2D eigenvalue weighted by Crippen LogP contribution is -2.03. The number of aromatic carboxylic acids is 1. The Labute approximate surface area is 122 Å². The summed E-state index contributed by atoms with van der Waals surface area (Å²) >= 11 is 0. The highest BCUT2D eigenvalue weighted by atomic mass is 16.4. The summed E-state index contributed by atoms with van der Waals surface area (Å²) in [5, 5.41) is 14.5. The van der Waals surface area contributed by atoms with Crippen LogP contribution in [0.25, 0.3) is 10.8 Å². The zero-order valence-corrected chi connectivity index (χ0v) is 11.3. The minimum Gasteiger partial charge on any atom is -0.478 e. The molecule has 0 aliphatic rings. The van der Waals surface area contributed by atoms with Crippen LogP contribution in [-0.2, 0) is 6.54 Å². The molecule has 4 heteroatoms. The summed E-state index contributed by atoms with van der Waals surface area (Å²) in [7, 11) is 0. The molecule has 0 aliphatic carbocycles. The second-order valence-corrected chi connectivity index (χ2v) is 4.76. The van der Waals surface area contributed by atoms with Crippen molar-refractivity contribution >= 4 is 22.4 Å². The number of anilines is 1. The van der Waals surface area contributed by atoms with Crippen molar-refractivity contribution in [3.63, 3.8) is 0 Å². The molecule has 0 amide bonds. The van der Waals surface area contributed by atoms with Crippen LogP contribution in [0.2, 0.25) is 0 Å². The predicted octanol–water partition coefficient (Wildman–Crippen LogP) is 3.55. The van der Waals surface area contributed by atoms with E-state index in [1.165, 1.54) is 17.0 Å². The van der Waals surface area contributed by atoms with E-state index in [2.05, 4.69) is 34.6 Å². The van der Waals surface area contributed by atoms with Crippen LogP contribution < -0.4 is 5.32 Å². The quantitative estimate of drug-likeness (QED) is 0.766. The van der Waals surface area contributed by atoms with Gasteiger partial charge in [-0.2, -0.15) is 0 Å². The number of fused-ring (bicyclic) bond motifs is 1. The topological polar surface area (TPSA) is 62.2 Å². The first-order chi connectivity index (χ1) is 10.2. The number of carboxylic acids is 1. The molecule has 2 aromatic carbocycles. The van der Waals surface area contributed by atoms with E-state index in [9.17, 15) is 4.79 Å². The Morgan fingerprint density at radius 3 is 2.57 bits per heavy atom. The molecular formula is C17H14N2O2. The van der Waals surface area contributed by atoms with E-state index in [1.54, 1.807) is 12.1 Å². The van der Waals surface area contributed by atoms with Crippen molar-refractivity contribution in [3.8, 4) is 0 Å². The summed E-state index contributed by atoms with van der Waals surface area (Å²) in [4.78, 5) is 14.9. The van der Waals surface area contributed by atoms with Crippen LogP contribution >= 0.6 is 0 Å². The van der Waals surface area contributed by atoms with Crippen LogP contribution in [0.5, 0.6) is 0 Å². The van der Waals surface area contributed by atoms with Gasteiger partial charge in [0.25, 0.3) is 0 Å². The largest absolute Gasteiger partial charge is 0.478 e. The molecule has 21 heavy (non-hydrogen) atoms. The number of carbonyl (C=O) groups is 1. The lowest BCUT2D eigenvalue weighted by Gasteiger charge is -2.07. The van der Waals surface area contributed by atoms with Gasteiger partial charge >= 0.3 is 5.97 Å². The first-order valence-corrected chi connectivity index (χ1v) is 6.63. The highest BCUT2D eigenvalue weighted by Crippen LogP contribution is 2.19. The number of hydrogen-bond acceptors (Lipinski definition) is 3. The SMILES string of the molecule is O=C(O)c1ccc(CNc2ccc3ccccc3c2)nc1. The van der Waals surface area contributed by atoms with Crippen molar-refractivity contribution in [2.75, 3.05) is 5.32 Å². The number of benzene rings is 2. The highest BCUT2D eigenvalue weighted by Gasteiger charge is 2.03. The van der Waals surface area contributed by atoms with E-state index in [-0.39, 0.29) is 5.56 Å². The van der Waals surface area contributed by atoms with Gasteiger partial charge in [-0.1, -0.05) is 30.3 Å². The van der Waals surface area contributed by atoms with Crippen LogP contribution in [0.15, 0.2) is 60.8 Å². The normalized spacial score (nSPS) is 10.5. The molecule has 0 spiro atoms. The van der Waals surface area contributed by atoms with Gasteiger partial charge in [0, 0.05) is 11.9 Å². The lowest BCUT2D eigenvalue weighted by atomic mass is 10.1. The number of rotatable bonds is 4. The molecule has 0 fully saturated rings. The molecule has 0 saturated heterocycles. The maximum atomic E-state index is 10.8. The molecule has 0 unspecified atom stereocenters. The summed E-state index contributed by atoms with van der Waals surface area (Å²) in [6, 6.07) is 17.6. The van der Waals surface area contributed by atoms with Gasteiger partial charge in [-0.3, -0.25) is 4.98 Å². The Hall–Kier alpha value is -2.88. The van der Waals surface area contributed by atoms with Crippen molar-refractivity contribution in [1.82, 2.24) is 4.98 Å². The van der Waals surface area contributed by atoms with Crippen molar-refractivity contribution in [2.24, 2.45) is 0 Å². The number of hydrogen-bond donors (Lipinski definition) is 2. The summed E-state index contributed by atoms with van der Waals surface area (Å²) in [5.41, 5.74) is 2.01. The summed E-state index contributed by atoms with van der Waals surface area (Å²) in [6.45, 7) is 0.554. The number of aromatic nitrogens is 1. The molecule has 1 heterocycles. The maximum absolute atomic E-state index is 10.8. The van der Waals surface area contributed by atoms with Gasteiger partial charge in [-0.05, 0) is 35.0 Å². The molecule has 3 aromatic rings. The number of nitrogens with one attached hydrogen (secondary N) is 1. The molecule has 4 nitrogen and oxygen atoms in total. The van der Waals surface area contributed by atoms with Crippen LogP contribution in [0, 0.1) is 0 Å². The van der Waals surface area contributed by atoms with Gasteiger partial charge < -0.3 is 10.4 Å². The molecule has 0 bridgehead atoms. The second kappa shape index (κ2) is 5.63. The van der Waals surface area contributed by atoms with Gasteiger partial charge in [-0.25, -0.2) is 4.79 Å². The fraction of sp³-hybridized carbons (Fsp3) is 0.0588.